The van der Waals surface area contributed by atoms with Gasteiger partial charge in [-0.1, -0.05) is 0 Å². The molecule has 0 spiro atoms. The maximum Gasteiger partial charge on any atom is 0.326 e. The number of rotatable bonds is 2. The molecule has 1 aliphatic rings. The van der Waals surface area contributed by atoms with E-state index in [-0.39, 0.29) is 5.97 Å². The summed E-state index contributed by atoms with van der Waals surface area (Å²) in [6, 6.07) is 0. The predicted molar refractivity (Wildman–Crippen MR) is 54.6 cm³/mol. The summed E-state index contributed by atoms with van der Waals surface area (Å²) in [6.07, 6.45) is 0. The summed E-state index contributed by atoms with van der Waals surface area (Å²) in [7, 11) is 0. The van der Waals surface area contributed by atoms with Gasteiger partial charge in [0.2, 0.25) is 0 Å². The summed E-state index contributed by atoms with van der Waals surface area (Å²) in [6.45, 7) is 10.8. The highest BCUT2D eigenvalue weighted by molar-refractivity contribution is 5.78. The molecule has 1 fully saturated rings. The third-order valence-corrected chi connectivity index (χ3v) is 1.85. The molecule has 0 aromatic rings. The van der Waals surface area contributed by atoms with Gasteiger partial charge in [0.25, 0.3) is 0 Å². The molecule has 0 atom stereocenters. The first kappa shape index (κ1) is 11.5. The average molecular weight is 199 g/mol. The van der Waals surface area contributed by atoms with Gasteiger partial charge < -0.3 is 10.1 Å². The lowest BCUT2D eigenvalue weighted by molar-refractivity contribution is -0.152. The number of hydrogen-bond donors (Lipinski definition) is 1. The van der Waals surface area contributed by atoms with Gasteiger partial charge in [-0.3, -0.25) is 9.69 Å². The molecule has 0 aliphatic carbocycles. The first-order valence-corrected chi connectivity index (χ1v) is 5.00. The van der Waals surface area contributed by atoms with Crippen molar-refractivity contribution in [3.8, 4) is 0 Å². The van der Waals surface area contributed by atoms with Gasteiger partial charge in [-0.15, -0.1) is 0 Å². The maximum absolute atomic E-state index is 11.4. The van der Waals surface area contributed by atoms with Crippen LogP contribution in [0, 0.1) is 6.54 Å². The van der Waals surface area contributed by atoms with Crippen LogP contribution in [0.3, 0.4) is 0 Å². The van der Waals surface area contributed by atoms with Crippen molar-refractivity contribution in [2.45, 2.75) is 26.4 Å². The molecule has 1 rings (SSSR count). The Bertz CT molecular complexity index is 193. The Labute approximate surface area is 85.6 Å². The maximum atomic E-state index is 11.4. The minimum atomic E-state index is -0.401. The molecule has 1 saturated heterocycles. The van der Waals surface area contributed by atoms with E-state index in [1.165, 1.54) is 0 Å². The minimum Gasteiger partial charge on any atom is -0.459 e. The van der Waals surface area contributed by atoms with E-state index in [0.29, 0.717) is 0 Å². The normalized spacial score (nSPS) is 19.4. The number of carbonyl (C=O) groups excluding carboxylic acids is 1. The van der Waals surface area contributed by atoms with E-state index in [2.05, 4.69) is 5.32 Å². The van der Waals surface area contributed by atoms with Crippen LogP contribution in [0.4, 0.5) is 0 Å². The second kappa shape index (κ2) is 4.75. The fourth-order valence-electron chi connectivity index (χ4n) is 1.29. The Balaban J connectivity index is 2.25. The van der Waals surface area contributed by atoms with Gasteiger partial charge in [0.15, 0.2) is 0 Å². The lowest BCUT2D eigenvalue weighted by Crippen LogP contribution is -2.44. The molecule has 1 heterocycles. The van der Waals surface area contributed by atoms with E-state index in [0.717, 1.165) is 26.2 Å². The van der Waals surface area contributed by atoms with E-state index in [1.807, 2.05) is 25.7 Å². The van der Waals surface area contributed by atoms with Crippen molar-refractivity contribution in [3.63, 3.8) is 0 Å². The highest BCUT2D eigenvalue weighted by Gasteiger charge is 2.20. The van der Waals surface area contributed by atoms with Crippen LogP contribution in [0.25, 0.3) is 0 Å². The van der Waals surface area contributed by atoms with Crippen molar-refractivity contribution in [1.82, 2.24) is 10.2 Å². The second-order valence-corrected chi connectivity index (χ2v) is 4.45. The van der Waals surface area contributed by atoms with Gasteiger partial charge in [-0.2, -0.15) is 0 Å². The van der Waals surface area contributed by atoms with Crippen molar-refractivity contribution in [2.75, 3.05) is 26.2 Å². The first-order chi connectivity index (χ1) is 6.47. The van der Waals surface area contributed by atoms with Crippen LogP contribution in [0.1, 0.15) is 20.8 Å². The van der Waals surface area contributed by atoms with Gasteiger partial charge in [0, 0.05) is 26.2 Å². The topological polar surface area (TPSA) is 41.6 Å². The fraction of sp³-hybridized carbons (Fsp3) is 0.800. The first-order valence-electron chi connectivity index (χ1n) is 5.00. The second-order valence-electron chi connectivity index (χ2n) is 4.45. The third-order valence-electron chi connectivity index (χ3n) is 1.85. The smallest absolute Gasteiger partial charge is 0.326 e. The standard InChI is InChI=1S/C10H19N2O2/c1-10(2,3)14-9(13)8-12-6-4-11-5-7-12/h8,11H,4-7H2,1-3H3. The molecule has 1 N–H and O–H groups in total. The van der Waals surface area contributed by atoms with E-state index < -0.39 is 5.60 Å². The third kappa shape index (κ3) is 4.58. The number of piperazine rings is 1. The molecule has 14 heavy (non-hydrogen) atoms. The van der Waals surface area contributed by atoms with Crippen molar-refractivity contribution in [3.05, 3.63) is 6.54 Å². The molecule has 1 radical (unpaired) electrons. The molecule has 0 aromatic heterocycles. The van der Waals surface area contributed by atoms with Gasteiger partial charge in [0.05, 0.1) is 0 Å². The van der Waals surface area contributed by atoms with E-state index >= 15 is 0 Å². The molecule has 4 heteroatoms. The molecule has 0 saturated carbocycles. The molecular formula is C10H19N2O2. The summed E-state index contributed by atoms with van der Waals surface area (Å²) in [5, 5.41) is 3.22. The number of ether oxygens (including phenoxy) is 1. The summed E-state index contributed by atoms with van der Waals surface area (Å²) in [5.41, 5.74) is -0.401. The largest absolute Gasteiger partial charge is 0.459 e. The SMILES string of the molecule is CC(C)(C)OC(=O)[CH]N1CCNCC1. The zero-order valence-corrected chi connectivity index (χ0v) is 9.17. The van der Waals surface area contributed by atoms with Crippen LogP contribution in [0.2, 0.25) is 0 Å². The Hall–Kier alpha value is -0.610. The average Bonchev–Trinajstić information content (AvgIpc) is 2.02. The zero-order chi connectivity index (χ0) is 10.6. The Morgan fingerprint density at radius 1 is 1.36 bits per heavy atom. The fourth-order valence-corrected chi connectivity index (χ4v) is 1.29. The number of nitrogens with one attached hydrogen (secondary N) is 1. The van der Waals surface area contributed by atoms with Crippen LogP contribution < -0.4 is 5.32 Å². The predicted octanol–water partition coefficient (Wildman–Crippen LogP) is 0.395. The molecule has 0 bridgehead atoms. The van der Waals surface area contributed by atoms with Gasteiger partial charge in [-0.25, -0.2) is 0 Å². The van der Waals surface area contributed by atoms with Crippen molar-refractivity contribution in [2.24, 2.45) is 0 Å². The summed E-state index contributed by atoms with van der Waals surface area (Å²) in [5.74, 6) is -0.251. The molecule has 1 aliphatic heterocycles. The van der Waals surface area contributed by atoms with Crippen LogP contribution in [0.5, 0.6) is 0 Å². The summed E-state index contributed by atoms with van der Waals surface area (Å²) in [4.78, 5) is 13.4. The number of esters is 1. The van der Waals surface area contributed by atoms with Crippen LogP contribution in [-0.4, -0.2) is 42.6 Å². The van der Waals surface area contributed by atoms with E-state index in [9.17, 15) is 4.79 Å². The van der Waals surface area contributed by atoms with Crippen LogP contribution >= 0.6 is 0 Å². The summed E-state index contributed by atoms with van der Waals surface area (Å²) < 4.78 is 5.18. The lowest BCUT2D eigenvalue weighted by Gasteiger charge is -2.27. The highest BCUT2D eigenvalue weighted by atomic mass is 16.6. The van der Waals surface area contributed by atoms with Gasteiger partial charge in [-0.05, 0) is 20.8 Å². The molecular weight excluding hydrogens is 180 g/mol. The van der Waals surface area contributed by atoms with Crippen molar-refractivity contribution in [1.29, 1.82) is 0 Å². The molecule has 0 unspecified atom stereocenters. The lowest BCUT2D eigenvalue weighted by atomic mass is 10.2. The zero-order valence-electron chi connectivity index (χ0n) is 9.17. The summed E-state index contributed by atoms with van der Waals surface area (Å²) >= 11 is 0. The quantitative estimate of drug-likeness (QED) is 0.653. The van der Waals surface area contributed by atoms with Crippen molar-refractivity contribution < 1.29 is 9.53 Å². The molecule has 81 valence electrons. The number of nitrogens with zero attached hydrogens (tertiary/aromatic N) is 1. The Morgan fingerprint density at radius 3 is 2.43 bits per heavy atom. The molecule has 4 nitrogen and oxygen atoms in total. The van der Waals surface area contributed by atoms with Gasteiger partial charge >= 0.3 is 5.97 Å². The van der Waals surface area contributed by atoms with E-state index in [4.69, 9.17) is 4.74 Å². The molecule has 0 amide bonds. The highest BCUT2D eigenvalue weighted by Crippen LogP contribution is 2.09. The van der Waals surface area contributed by atoms with Gasteiger partial charge in [0.1, 0.15) is 12.1 Å². The monoisotopic (exact) mass is 199 g/mol. The molecule has 0 aromatic carbocycles. The Morgan fingerprint density at radius 2 is 1.93 bits per heavy atom. The van der Waals surface area contributed by atoms with E-state index in [1.54, 1.807) is 6.54 Å². The minimum absolute atomic E-state index is 0.251. The number of carbonyl (C=O) groups is 1. The van der Waals surface area contributed by atoms with Crippen molar-refractivity contribution >= 4 is 5.97 Å². The van der Waals surface area contributed by atoms with Crippen LogP contribution in [0.15, 0.2) is 0 Å². The van der Waals surface area contributed by atoms with Crippen LogP contribution in [-0.2, 0) is 9.53 Å². The Kier molecular flexibility index (Phi) is 3.89. The number of hydrogen-bond acceptors (Lipinski definition) is 4.